The van der Waals surface area contributed by atoms with Crippen LogP contribution in [0.25, 0.3) is 10.4 Å². The fraction of sp³-hybridized carbons (Fsp3) is 0.0556. The number of para-hydroxylation sites is 1. The molecule has 1 amide bonds. The Bertz CT molecular complexity index is 781. The van der Waals surface area contributed by atoms with Gasteiger partial charge in [0.05, 0.1) is 7.11 Å². The quantitative estimate of drug-likeness (QED) is 0.760. The summed E-state index contributed by atoms with van der Waals surface area (Å²) in [7, 11) is 1.59. The topological polar surface area (TPSA) is 38.3 Å². The SMILES string of the molecule is COc1cccc(C(=O)Nc2ccccc2-c2cccs2)c1. The molecular formula is C18H15NO2S. The van der Waals surface area contributed by atoms with Crippen molar-refractivity contribution >= 4 is 22.9 Å². The van der Waals surface area contributed by atoms with E-state index in [2.05, 4.69) is 5.32 Å². The molecular weight excluding hydrogens is 294 g/mol. The molecule has 1 N–H and O–H groups in total. The summed E-state index contributed by atoms with van der Waals surface area (Å²) in [5.74, 6) is 0.516. The van der Waals surface area contributed by atoms with Crippen molar-refractivity contribution in [1.82, 2.24) is 0 Å². The molecule has 0 aliphatic carbocycles. The molecule has 4 heteroatoms. The number of amides is 1. The van der Waals surface area contributed by atoms with E-state index < -0.39 is 0 Å². The third-order valence-corrected chi connectivity index (χ3v) is 4.20. The first-order valence-corrected chi connectivity index (χ1v) is 7.74. The predicted molar refractivity (Wildman–Crippen MR) is 90.7 cm³/mol. The maximum absolute atomic E-state index is 12.4. The Hall–Kier alpha value is -2.59. The van der Waals surface area contributed by atoms with Gasteiger partial charge in [-0.2, -0.15) is 0 Å². The molecule has 0 radical (unpaired) electrons. The van der Waals surface area contributed by atoms with Crippen molar-refractivity contribution in [3.05, 3.63) is 71.6 Å². The van der Waals surface area contributed by atoms with E-state index in [1.54, 1.807) is 36.6 Å². The van der Waals surface area contributed by atoms with Crippen LogP contribution >= 0.6 is 11.3 Å². The lowest BCUT2D eigenvalue weighted by Gasteiger charge is -2.10. The summed E-state index contributed by atoms with van der Waals surface area (Å²) in [5, 5.41) is 5.00. The molecule has 22 heavy (non-hydrogen) atoms. The van der Waals surface area contributed by atoms with Crippen LogP contribution in [-0.4, -0.2) is 13.0 Å². The molecule has 1 heterocycles. The summed E-state index contributed by atoms with van der Waals surface area (Å²) in [6.07, 6.45) is 0. The third kappa shape index (κ3) is 3.02. The smallest absolute Gasteiger partial charge is 0.255 e. The summed E-state index contributed by atoms with van der Waals surface area (Å²) in [6.45, 7) is 0. The van der Waals surface area contributed by atoms with Crippen LogP contribution < -0.4 is 10.1 Å². The molecule has 0 saturated heterocycles. The predicted octanol–water partition coefficient (Wildman–Crippen LogP) is 4.68. The van der Waals surface area contributed by atoms with Gasteiger partial charge in [-0.15, -0.1) is 11.3 Å². The normalized spacial score (nSPS) is 10.2. The van der Waals surface area contributed by atoms with Crippen LogP contribution in [0, 0.1) is 0 Å². The van der Waals surface area contributed by atoms with Crippen molar-refractivity contribution in [3.8, 4) is 16.2 Å². The van der Waals surface area contributed by atoms with E-state index in [9.17, 15) is 4.79 Å². The van der Waals surface area contributed by atoms with Crippen LogP contribution in [0.3, 0.4) is 0 Å². The summed E-state index contributed by atoms with van der Waals surface area (Å²) >= 11 is 1.65. The molecule has 0 aliphatic rings. The number of nitrogens with one attached hydrogen (secondary N) is 1. The Balaban J connectivity index is 1.88. The van der Waals surface area contributed by atoms with E-state index in [1.807, 2.05) is 47.8 Å². The second-order valence-electron chi connectivity index (χ2n) is 4.71. The number of hydrogen-bond donors (Lipinski definition) is 1. The standard InChI is InChI=1S/C18H15NO2S/c1-21-14-7-4-6-13(12-14)18(20)19-16-9-3-2-8-15(16)17-10-5-11-22-17/h2-12H,1H3,(H,19,20). The van der Waals surface area contributed by atoms with E-state index in [-0.39, 0.29) is 5.91 Å². The number of hydrogen-bond acceptors (Lipinski definition) is 3. The van der Waals surface area contributed by atoms with Crippen molar-refractivity contribution in [2.24, 2.45) is 0 Å². The van der Waals surface area contributed by atoms with Gasteiger partial charge in [0.25, 0.3) is 5.91 Å². The first kappa shape index (κ1) is 14.4. The van der Waals surface area contributed by atoms with Gasteiger partial charge >= 0.3 is 0 Å². The molecule has 3 aromatic rings. The van der Waals surface area contributed by atoms with Gasteiger partial charge in [0.15, 0.2) is 0 Å². The Morgan fingerprint density at radius 3 is 2.68 bits per heavy atom. The Labute approximate surface area is 133 Å². The van der Waals surface area contributed by atoms with Gasteiger partial charge in [0, 0.05) is 21.7 Å². The van der Waals surface area contributed by atoms with Crippen LogP contribution in [0.15, 0.2) is 66.0 Å². The molecule has 0 bridgehead atoms. The molecule has 2 aromatic carbocycles. The van der Waals surface area contributed by atoms with Crippen molar-refractivity contribution in [1.29, 1.82) is 0 Å². The van der Waals surface area contributed by atoms with Crippen molar-refractivity contribution < 1.29 is 9.53 Å². The van der Waals surface area contributed by atoms with Gasteiger partial charge in [0.2, 0.25) is 0 Å². The lowest BCUT2D eigenvalue weighted by atomic mass is 10.1. The van der Waals surface area contributed by atoms with E-state index in [0.717, 1.165) is 16.1 Å². The average Bonchev–Trinajstić information content (AvgIpc) is 3.09. The van der Waals surface area contributed by atoms with Crippen LogP contribution in [0.5, 0.6) is 5.75 Å². The molecule has 0 spiro atoms. The molecule has 3 nitrogen and oxygen atoms in total. The molecule has 0 fully saturated rings. The molecule has 0 atom stereocenters. The second-order valence-corrected chi connectivity index (χ2v) is 5.66. The highest BCUT2D eigenvalue weighted by Crippen LogP contribution is 2.31. The Morgan fingerprint density at radius 2 is 1.91 bits per heavy atom. The van der Waals surface area contributed by atoms with E-state index in [1.165, 1.54) is 0 Å². The zero-order chi connectivity index (χ0) is 15.4. The highest BCUT2D eigenvalue weighted by atomic mass is 32.1. The highest BCUT2D eigenvalue weighted by molar-refractivity contribution is 7.13. The number of anilines is 1. The fourth-order valence-corrected chi connectivity index (χ4v) is 2.96. The maximum Gasteiger partial charge on any atom is 0.255 e. The van der Waals surface area contributed by atoms with E-state index >= 15 is 0 Å². The monoisotopic (exact) mass is 309 g/mol. The fourth-order valence-electron chi connectivity index (χ4n) is 2.20. The number of rotatable bonds is 4. The van der Waals surface area contributed by atoms with Gasteiger partial charge in [-0.05, 0) is 35.7 Å². The van der Waals surface area contributed by atoms with Gasteiger partial charge in [-0.25, -0.2) is 0 Å². The highest BCUT2D eigenvalue weighted by Gasteiger charge is 2.11. The van der Waals surface area contributed by atoms with Gasteiger partial charge in [-0.1, -0.05) is 30.3 Å². The van der Waals surface area contributed by atoms with Crippen LogP contribution in [0.4, 0.5) is 5.69 Å². The third-order valence-electron chi connectivity index (χ3n) is 3.29. The number of carbonyl (C=O) groups is 1. The summed E-state index contributed by atoms with van der Waals surface area (Å²) in [5.41, 5.74) is 2.40. The van der Waals surface area contributed by atoms with Crippen LogP contribution in [0.2, 0.25) is 0 Å². The van der Waals surface area contributed by atoms with Gasteiger partial charge < -0.3 is 10.1 Å². The number of carbonyl (C=O) groups excluding carboxylic acids is 1. The zero-order valence-corrected chi connectivity index (χ0v) is 12.9. The van der Waals surface area contributed by atoms with Crippen LogP contribution in [0.1, 0.15) is 10.4 Å². The van der Waals surface area contributed by atoms with Crippen molar-refractivity contribution in [2.75, 3.05) is 12.4 Å². The largest absolute Gasteiger partial charge is 0.497 e. The Kier molecular flexibility index (Phi) is 4.21. The minimum absolute atomic E-state index is 0.150. The number of methoxy groups -OCH3 is 1. The molecule has 3 rings (SSSR count). The number of thiophene rings is 1. The maximum atomic E-state index is 12.4. The van der Waals surface area contributed by atoms with E-state index in [4.69, 9.17) is 4.74 Å². The molecule has 1 aromatic heterocycles. The zero-order valence-electron chi connectivity index (χ0n) is 12.1. The van der Waals surface area contributed by atoms with E-state index in [0.29, 0.717) is 11.3 Å². The second kappa shape index (κ2) is 6.45. The molecule has 0 saturated carbocycles. The lowest BCUT2D eigenvalue weighted by molar-refractivity contribution is 0.102. The molecule has 110 valence electrons. The number of benzene rings is 2. The molecule has 0 aliphatic heterocycles. The first-order valence-electron chi connectivity index (χ1n) is 6.86. The Morgan fingerprint density at radius 1 is 1.05 bits per heavy atom. The summed E-state index contributed by atoms with van der Waals surface area (Å²) < 4.78 is 5.16. The van der Waals surface area contributed by atoms with Gasteiger partial charge in [0.1, 0.15) is 5.75 Å². The first-order chi connectivity index (χ1) is 10.8. The molecule has 0 unspecified atom stereocenters. The number of ether oxygens (including phenoxy) is 1. The minimum atomic E-state index is -0.150. The minimum Gasteiger partial charge on any atom is -0.497 e. The van der Waals surface area contributed by atoms with Crippen molar-refractivity contribution in [2.45, 2.75) is 0 Å². The van der Waals surface area contributed by atoms with Crippen LogP contribution in [-0.2, 0) is 0 Å². The van der Waals surface area contributed by atoms with Crippen molar-refractivity contribution in [3.63, 3.8) is 0 Å². The lowest BCUT2D eigenvalue weighted by Crippen LogP contribution is -2.12. The van der Waals surface area contributed by atoms with Gasteiger partial charge in [-0.3, -0.25) is 4.79 Å². The summed E-state index contributed by atoms with van der Waals surface area (Å²) in [4.78, 5) is 13.6. The average molecular weight is 309 g/mol. The summed E-state index contributed by atoms with van der Waals surface area (Å²) in [6, 6.07) is 19.0.